The Bertz CT molecular complexity index is 82.9. The average molecular weight is 182 g/mol. The van der Waals surface area contributed by atoms with Gasteiger partial charge in [0.1, 0.15) is 0 Å². The maximum Gasteiger partial charge on any atom is 0.272 e. The lowest BCUT2D eigenvalue weighted by atomic mass is 10.8. The molecule has 0 rings (SSSR count). The van der Waals surface area contributed by atoms with Crippen LogP contribution >= 0.6 is 8.60 Å². The van der Waals surface area contributed by atoms with Crippen LogP contribution in [0.4, 0.5) is 0 Å². The van der Waals surface area contributed by atoms with Gasteiger partial charge in [-0.25, -0.2) is 0 Å². The van der Waals surface area contributed by atoms with Crippen molar-refractivity contribution in [2.24, 2.45) is 0 Å². The molecule has 6 heteroatoms. The van der Waals surface area contributed by atoms with Crippen molar-refractivity contribution in [1.29, 1.82) is 0 Å². The molecule has 0 aliphatic heterocycles. The van der Waals surface area contributed by atoms with E-state index < -0.39 is 15.1 Å². The second-order valence-corrected chi connectivity index (χ2v) is 2.19. The van der Waals surface area contributed by atoms with Crippen molar-refractivity contribution in [3.63, 3.8) is 0 Å². The zero-order valence-electron chi connectivity index (χ0n) is 6.48. The molecule has 0 radical (unpaired) electrons. The van der Waals surface area contributed by atoms with Gasteiger partial charge >= 0.3 is 0 Å². The summed E-state index contributed by atoms with van der Waals surface area (Å²) in [6.45, 7) is 3.02. The molecule has 0 heterocycles. The lowest BCUT2D eigenvalue weighted by molar-refractivity contribution is -0.351. The third-order valence-corrected chi connectivity index (χ3v) is 1.12. The molecule has 0 aromatic heterocycles. The van der Waals surface area contributed by atoms with E-state index in [0.29, 0.717) is 13.2 Å². The van der Waals surface area contributed by atoms with E-state index in [0.717, 1.165) is 0 Å². The Morgan fingerprint density at radius 2 is 1.64 bits per heavy atom. The standard InChI is InChI=1S/C5H11O5P/c1-3-8-5(9-4-2)10-11(6)7/h5H,3-4H2,1-2H3/q-2. The molecule has 0 aromatic rings. The average Bonchev–Trinajstić information content (AvgIpc) is 1.87. The number of hydrogen-bond donors (Lipinski definition) is 0. The van der Waals surface area contributed by atoms with Crippen LogP contribution in [0.25, 0.3) is 0 Å². The fourth-order valence-electron chi connectivity index (χ4n) is 0.451. The summed E-state index contributed by atoms with van der Waals surface area (Å²) < 4.78 is 13.8. The third-order valence-electron chi connectivity index (χ3n) is 0.778. The largest absolute Gasteiger partial charge is 0.820 e. The van der Waals surface area contributed by atoms with E-state index in [2.05, 4.69) is 4.52 Å². The van der Waals surface area contributed by atoms with E-state index in [-0.39, 0.29) is 0 Å². The number of hydrogen-bond acceptors (Lipinski definition) is 5. The minimum Gasteiger partial charge on any atom is -0.820 e. The molecule has 0 aliphatic carbocycles. The van der Waals surface area contributed by atoms with Crippen LogP contribution in [0.15, 0.2) is 0 Å². The Balaban J connectivity index is 3.50. The first kappa shape index (κ1) is 11.2. The van der Waals surface area contributed by atoms with Crippen molar-refractivity contribution in [3.05, 3.63) is 0 Å². The van der Waals surface area contributed by atoms with Gasteiger partial charge in [0, 0.05) is 13.2 Å². The topological polar surface area (TPSA) is 73.8 Å². The third kappa shape index (κ3) is 6.62. The van der Waals surface area contributed by atoms with Crippen LogP contribution in [0.1, 0.15) is 13.8 Å². The lowest BCUT2D eigenvalue weighted by Gasteiger charge is -2.32. The molecule has 0 fully saturated rings. The normalized spacial score (nSPS) is 11.5. The summed E-state index contributed by atoms with van der Waals surface area (Å²) in [6.07, 6.45) is 0. The van der Waals surface area contributed by atoms with Crippen LogP contribution in [0, 0.1) is 0 Å². The van der Waals surface area contributed by atoms with Crippen LogP contribution in [0.2, 0.25) is 0 Å². The van der Waals surface area contributed by atoms with Crippen LogP contribution in [-0.2, 0) is 14.0 Å². The lowest BCUT2D eigenvalue weighted by Crippen LogP contribution is -2.24. The Morgan fingerprint density at radius 1 is 1.18 bits per heavy atom. The highest BCUT2D eigenvalue weighted by atomic mass is 31.2. The molecule has 68 valence electrons. The molecule has 0 bridgehead atoms. The summed E-state index contributed by atoms with van der Waals surface area (Å²) in [7, 11) is -2.91. The molecule has 0 spiro atoms. The Morgan fingerprint density at radius 3 is 1.91 bits per heavy atom. The van der Waals surface area contributed by atoms with Crippen LogP contribution in [-0.4, -0.2) is 19.7 Å². The van der Waals surface area contributed by atoms with Crippen molar-refractivity contribution in [2.75, 3.05) is 13.2 Å². The van der Waals surface area contributed by atoms with Gasteiger partial charge in [0.15, 0.2) is 0 Å². The predicted molar refractivity (Wildman–Crippen MR) is 35.0 cm³/mol. The van der Waals surface area contributed by atoms with E-state index in [9.17, 15) is 9.79 Å². The van der Waals surface area contributed by atoms with Gasteiger partial charge < -0.3 is 23.8 Å². The van der Waals surface area contributed by atoms with Gasteiger partial charge in [-0.2, -0.15) is 8.60 Å². The van der Waals surface area contributed by atoms with E-state index in [1.807, 2.05) is 0 Å². The molecule has 0 unspecified atom stereocenters. The Kier molecular flexibility index (Phi) is 7.06. The van der Waals surface area contributed by atoms with Crippen LogP contribution in [0.3, 0.4) is 0 Å². The molecule has 11 heavy (non-hydrogen) atoms. The van der Waals surface area contributed by atoms with Crippen molar-refractivity contribution in [1.82, 2.24) is 0 Å². The zero-order chi connectivity index (χ0) is 8.69. The highest BCUT2D eigenvalue weighted by molar-refractivity contribution is 7.36. The quantitative estimate of drug-likeness (QED) is 0.401. The van der Waals surface area contributed by atoms with Gasteiger partial charge in [0.2, 0.25) is 0 Å². The van der Waals surface area contributed by atoms with Gasteiger partial charge in [-0.3, -0.25) is 0 Å². The number of rotatable bonds is 6. The molecule has 0 saturated heterocycles. The molecule has 5 nitrogen and oxygen atoms in total. The number of ether oxygens (including phenoxy) is 2. The summed E-state index contributed by atoms with van der Waals surface area (Å²) in [6, 6.07) is 0. The van der Waals surface area contributed by atoms with Crippen molar-refractivity contribution >= 4 is 8.60 Å². The second-order valence-electron chi connectivity index (χ2n) is 1.53. The first-order chi connectivity index (χ1) is 5.20. The van der Waals surface area contributed by atoms with Crippen molar-refractivity contribution in [2.45, 2.75) is 20.3 Å². The van der Waals surface area contributed by atoms with Crippen molar-refractivity contribution in [3.8, 4) is 0 Å². The van der Waals surface area contributed by atoms with E-state index >= 15 is 0 Å². The molecular weight excluding hydrogens is 171 g/mol. The first-order valence-corrected chi connectivity index (χ1v) is 4.34. The van der Waals surface area contributed by atoms with Gasteiger partial charge in [-0.1, -0.05) is 0 Å². The molecule has 0 atom stereocenters. The summed E-state index contributed by atoms with van der Waals surface area (Å²) in [5.74, 6) is 0. The monoisotopic (exact) mass is 182 g/mol. The SMILES string of the molecule is CCOC(OCC)OP([O-])[O-]. The molecule has 0 aliphatic rings. The van der Waals surface area contributed by atoms with Gasteiger partial charge in [0.25, 0.3) is 6.48 Å². The highest BCUT2D eigenvalue weighted by Crippen LogP contribution is 2.17. The maximum atomic E-state index is 10.0. The van der Waals surface area contributed by atoms with E-state index in [1.165, 1.54) is 0 Å². The van der Waals surface area contributed by atoms with Gasteiger partial charge in [-0.05, 0) is 13.8 Å². The summed E-state index contributed by atoms with van der Waals surface area (Å²) in [4.78, 5) is 20.0. The van der Waals surface area contributed by atoms with Gasteiger partial charge in [0.05, 0.1) is 0 Å². The zero-order valence-corrected chi connectivity index (χ0v) is 7.37. The van der Waals surface area contributed by atoms with Crippen LogP contribution < -0.4 is 9.79 Å². The Hall–Kier alpha value is 0.230. The van der Waals surface area contributed by atoms with Crippen molar-refractivity contribution < 1.29 is 23.8 Å². The fraction of sp³-hybridized carbons (Fsp3) is 1.00. The summed E-state index contributed by atoms with van der Waals surface area (Å²) >= 11 is 0. The molecular formula is C5H11O5P-2. The van der Waals surface area contributed by atoms with E-state index in [4.69, 9.17) is 9.47 Å². The van der Waals surface area contributed by atoms with Crippen LogP contribution in [0.5, 0.6) is 0 Å². The van der Waals surface area contributed by atoms with E-state index in [1.54, 1.807) is 13.8 Å². The smallest absolute Gasteiger partial charge is 0.272 e. The maximum absolute atomic E-state index is 10.0. The molecule has 0 saturated carbocycles. The second kappa shape index (κ2) is 6.91. The molecule has 0 aromatic carbocycles. The minimum absolute atomic E-state index is 0.341. The molecule has 0 amide bonds. The van der Waals surface area contributed by atoms with Gasteiger partial charge in [-0.15, -0.1) is 0 Å². The predicted octanol–water partition coefficient (Wildman–Crippen LogP) is -0.693. The fourth-order valence-corrected chi connectivity index (χ4v) is 0.714. The first-order valence-electron chi connectivity index (χ1n) is 3.25. The Labute approximate surface area is 66.9 Å². The summed E-state index contributed by atoms with van der Waals surface area (Å²) in [5, 5.41) is 0. The molecule has 0 N–H and O–H groups in total. The summed E-state index contributed by atoms with van der Waals surface area (Å²) in [5.41, 5.74) is 0. The highest BCUT2D eigenvalue weighted by Gasteiger charge is 2.04. The minimum atomic E-state index is -2.91.